The third kappa shape index (κ3) is 4.49. The number of hydrogen-bond donors (Lipinski definition) is 0. The van der Waals surface area contributed by atoms with Crippen molar-refractivity contribution in [1.82, 2.24) is 14.8 Å². The van der Waals surface area contributed by atoms with Crippen molar-refractivity contribution in [3.05, 3.63) is 23.9 Å². The van der Waals surface area contributed by atoms with Crippen LogP contribution in [0.5, 0.6) is 0 Å². The summed E-state index contributed by atoms with van der Waals surface area (Å²) in [7, 11) is 0. The number of amides is 4. The smallest absolute Gasteiger partial charge is 0.416 e. The quantitative estimate of drug-likeness (QED) is 0.625. The molecule has 0 radical (unpaired) electrons. The van der Waals surface area contributed by atoms with Crippen LogP contribution in [0.15, 0.2) is 18.3 Å². The van der Waals surface area contributed by atoms with Gasteiger partial charge in [-0.05, 0) is 64.5 Å². The van der Waals surface area contributed by atoms with Gasteiger partial charge in [-0.15, -0.1) is 0 Å². The largest absolute Gasteiger partial charge is 0.444 e. The number of carbonyl (C=O) groups is 3. The lowest BCUT2D eigenvalue weighted by Crippen LogP contribution is -2.58. The molecule has 2 saturated heterocycles. The van der Waals surface area contributed by atoms with E-state index in [1.54, 1.807) is 20.8 Å². The molecule has 0 aromatic carbocycles. The minimum Gasteiger partial charge on any atom is -0.444 e. The second-order valence-electron chi connectivity index (χ2n) is 9.88. The van der Waals surface area contributed by atoms with Gasteiger partial charge in [-0.2, -0.15) is 13.2 Å². The van der Waals surface area contributed by atoms with E-state index in [1.807, 2.05) is 0 Å². The van der Waals surface area contributed by atoms with Crippen LogP contribution >= 0.6 is 0 Å². The van der Waals surface area contributed by atoms with Gasteiger partial charge in [0.25, 0.3) is 5.91 Å². The first-order valence-corrected chi connectivity index (χ1v) is 11.0. The first kappa shape index (κ1) is 23.3. The molecule has 3 aliphatic rings. The van der Waals surface area contributed by atoms with E-state index in [0.29, 0.717) is 6.54 Å². The summed E-state index contributed by atoms with van der Waals surface area (Å²) in [6.07, 6.45) is -1.97. The predicted octanol–water partition coefficient (Wildman–Crippen LogP) is 4.05. The molecule has 4 rings (SSSR count). The summed E-state index contributed by atoms with van der Waals surface area (Å²) in [6, 6.07) is 0.857. The van der Waals surface area contributed by atoms with Crippen molar-refractivity contribution < 1.29 is 32.3 Å². The van der Waals surface area contributed by atoms with Crippen LogP contribution in [0.4, 0.5) is 28.6 Å². The number of urea groups is 1. The molecule has 1 aliphatic carbocycles. The van der Waals surface area contributed by atoms with E-state index >= 15 is 0 Å². The molecule has 33 heavy (non-hydrogen) atoms. The summed E-state index contributed by atoms with van der Waals surface area (Å²) in [5.41, 5.74) is -2.87. The average molecular weight is 468 g/mol. The van der Waals surface area contributed by atoms with Crippen molar-refractivity contribution in [2.75, 3.05) is 24.5 Å². The third-order valence-electron chi connectivity index (χ3n) is 6.22. The van der Waals surface area contributed by atoms with Crippen LogP contribution in [0, 0.1) is 5.92 Å². The Morgan fingerprint density at radius 1 is 1.18 bits per heavy atom. The summed E-state index contributed by atoms with van der Waals surface area (Å²) in [5.74, 6) is -0.673. The maximum absolute atomic E-state index is 13.6. The zero-order valence-electron chi connectivity index (χ0n) is 18.8. The maximum atomic E-state index is 13.6. The van der Waals surface area contributed by atoms with Crippen molar-refractivity contribution in [2.45, 2.75) is 63.8 Å². The summed E-state index contributed by atoms with van der Waals surface area (Å²) in [5, 5.41) is 0. The van der Waals surface area contributed by atoms with Crippen LogP contribution in [0.3, 0.4) is 0 Å². The molecule has 1 aromatic rings. The number of pyridine rings is 1. The second kappa shape index (κ2) is 7.88. The van der Waals surface area contributed by atoms with E-state index in [2.05, 4.69) is 4.98 Å². The number of rotatable bonds is 3. The van der Waals surface area contributed by atoms with Crippen molar-refractivity contribution in [3.63, 3.8) is 0 Å². The molecule has 1 aromatic heterocycles. The first-order valence-electron chi connectivity index (χ1n) is 11.0. The maximum Gasteiger partial charge on any atom is 0.416 e. The molecule has 0 N–H and O–H groups in total. The Morgan fingerprint density at radius 2 is 1.82 bits per heavy atom. The monoisotopic (exact) mass is 468 g/mol. The van der Waals surface area contributed by atoms with Gasteiger partial charge < -0.3 is 14.5 Å². The highest BCUT2D eigenvalue weighted by atomic mass is 19.4. The number of anilines is 1. The summed E-state index contributed by atoms with van der Waals surface area (Å²) in [4.78, 5) is 47.0. The lowest BCUT2D eigenvalue weighted by molar-refractivity contribution is -0.137. The Morgan fingerprint density at radius 3 is 2.36 bits per heavy atom. The highest BCUT2D eigenvalue weighted by Crippen LogP contribution is 2.43. The molecule has 3 fully saturated rings. The minimum atomic E-state index is -4.63. The van der Waals surface area contributed by atoms with E-state index in [-0.39, 0.29) is 37.7 Å². The number of piperidine rings is 1. The van der Waals surface area contributed by atoms with Gasteiger partial charge in [0.15, 0.2) is 0 Å². The van der Waals surface area contributed by atoms with E-state index in [1.165, 1.54) is 9.80 Å². The van der Waals surface area contributed by atoms with E-state index in [0.717, 1.165) is 36.1 Å². The molecule has 11 heteroatoms. The van der Waals surface area contributed by atoms with Crippen LogP contribution in [-0.4, -0.2) is 63.6 Å². The summed E-state index contributed by atoms with van der Waals surface area (Å²) in [6.45, 7) is 6.01. The second-order valence-corrected chi connectivity index (χ2v) is 9.88. The Hall–Kier alpha value is -2.85. The topological polar surface area (TPSA) is 83.0 Å². The highest BCUT2D eigenvalue weighted by molar-refractivity contribution is 6.23. The van der Waals surface area contributed by atoms with E-state index < -0.39 is 40.9 Å². The minimum absolute atomic E-state index is 0.180. The number of halogens is 3. The summed E-state index contributed by atoms with van der Waals surface area (Å²) < 4.78 is 45.1. The normalized spacial score (nSPS) is 21.2. The fraction of sp³-hybridized carbons (Fsp3) is 0.636. The van der Waals surface area contributed by atoms with Crippen molar-refractivity contribution in [3.8, 4) is 0 Å². The predicted molar refractivity (Wildman–Crippen MR) is 111 cm³/mol. The Bertz CT molecular complexity index is 963. The summed E-state index contributed by atoms with van der Waals surface area (Å²) >= 11 is 0. The molecular formula is C22H27F3N4O4. The third-order valence-corrected chi connectivity index (χ3v) is 6.22. The first-order chi connectivity index (χ1) is 15.3. The number of hydrogen-bond acceptors (Lipinski definition) is 5. The van der Waals surface area contributed by atoms with Gasteiger partial charge in [0.1, 0.15) is 17.0 Å². The highest BCUT2D eigenvalue weighted by Gasteiger charge is 2.60. The lowest BCUT2D eigenvalue weighted by Gasteiger charge is -2.42. The molecule has 4 amide bonds. The van der Waals surface area contributed by atoms with Crippen LogP contribution in [0.2, 0.25) is 0 Å². The van der Waals surface area contributed by atoms with Crippen molar-refractivity contribution in [1.29, 1.82) is 0 Å². The van der Waals surface area contributed by atoms with Crippen molar-refractivity contribution in [2.24, 2.45) is 5.92 Å². The Labute approximate surface area is 189 Å². The number of imide groups is 1. The SMILES string of the molecule is CC(C)(C)OC(=O)N1CCC2(CC1)C(=O)N(c1cc(C(F)(F)F)ccn1)C(=O)N2CC1CC1. The zero-order chi connectivity index (χ0) is 24.2. The van der Waals surface area contributed by atoms with Crippen molar-refractivity contribution >= 4 is 23.8 Å². The van der Waals surface area contributed by atoms with Crippen LogP contribution in [0.25, 0.3) is 0 Å². The van der Waals surface area contributed by atoms with Gasteiger partial charge in [-0.1, -0.05) is 0 Å². The van der Waals surface area contributed by atoms with Gasteiger partial charge in [-0.3, -0.25) is 4.79 Å². The van der Waals surface area contributed by atoms with Gasteiger partial charge >= 0.3 is 18.3 Å². The molecule has 1 saturated carbocycles. The number of likely N-dealkylation sites (tertiary alicyclic amines) is 1. The van der Waals surface area contributed by atoms with E-state index in [4.69, 9.17) is 4.74 Å². The standard InChI is InChI=1S/C22H27F3N4O4/c1-20(2,3)33-19(32)27-10-7-21(8-11-27)17(30)29(18(31)28(21)13-14-4-5-14)16-12-15(6-9-26-16)22(23,24)25/h6,9,12,14H,4-5,7-8,10-11,13H2,1-3H3. The van der Waals surface area contributed by atoms with Crippen LogP contribution in [-0.2, 0) is 15.7 Å². The lowest BCUT2D eigenvalue weighted by atomic mass is 9.85. The zero-order valence-corrected chi connectivity index (χ0v) is 18.8. The fourth-order valence-electron chi connectivity index (χ4n) is 4.31. The molecule has 3 heterocycles. The molecular weight excluding hydrogens is 441 g/mol. The molecule has 180 valence electrons. The fourth-order valence-corrected chi connectivity index (χ4v) is 4.31. The number of aromatic nitrogens is 1. The van der Waals surface area contributed by atoms with Gasteiger partial charge in [0, 0.05) is 25.8 Å². The van der Waals surface area contributed by atoms with Gasteiger partial charge in [-0.25, -0.2) is 19.5 Å². The molecule has 1 spiro atoms. The molecule has 0 unspecified atom stereocenters. The molecule has 0 atom stereocenters. The number of nitrogens with zero attached hydrogens (tertiary/aromatic N) is 4. The average Bonchev–Trinajstić information content (AvgIpc) is 3.52. The van der Waals surface area contributed by atoms with Gasteiger partial charge in [0.05, 0.1) is 5.56 Å². The van der Waals surface area contributed by atoms with Crippen LogP contribution < -0.4 is 4.90 Å². The molecule has 8 nitrogen and oxygen atoms in total. The van der Waals surface area contributed by atoms with Crippen LogP contribution in [0.1, 0.15) is 52.0 Å². The molecule has 2 aliphatic heterocycles. The number of ether oxygens (including phenoxy) is 1. The number of alkyl halides is 3. The van der Waals surface area contributed by atoms with Gasteiger partial charge in [0.2, 0.25) is 0 Å². The molecule has 0 bridgehead atoms. The Kier molecular flexibility index (Phi) is 5.57. The van der Waals surface area contributed by atoms with E-state index in [9.17, 15) is 27.6 Å². The Balaban J connectivity index is 1.61. The number of carbonyl (C=O) groups excluding carboxylic acids is 3.